The normalized spacial score (nSPS) is 26.8. The maximum atomic E-state index is 6.21. The van der Waals surface area contributed by atoms with Crippen LogP contribution in [0.3, 0.4) is 0 Å². The van der Waals surface area contributed by atoms with Gasteiger partial charge in [-0.05, 0) is 57.9 Å². The van der Waals surface area contributed by atoms with Gasteiger partial charge in [-0.1, -0.05) is 49.1 Å². The van der Waals surface area contributed by atoms with Crippen LogP contribution in [0.25, 0.3) is 0 Å². The van der Waals surface area contributed by atoms with Crippen LogP contribution in [0.2, 0.25) is 0 Å². The molecular formula is C27H44N4O. The molecular weight excluding hydrogens is 396 g/mol. The van der Waals surface area contributed by atoms with Crippen LogP contribution in [-0.4, -0.2) is 55.7 Å². The number of guanidine groups is 1. The Hall–Kier alpha value is -1.59. The summed E-state index contributed by atoms with van der Waals surface area (Å²) in [6.07, 6.45) is 12.0. The van der Waals surface area contributed by atoms with E-state index in [0.717, 1.165) is 38.1 Å². The molecule has 1 aromatic carbocycles. The first-order valence-corrected chi connectivity index (χ1v) is 13.2. The summed E-state index contributed by atoms with van der Waals surface area (Å²) in [6, 6.07) is 10.2. The van der Waals surface area contributed by atoms with Gasteiger partial charge in [-0.25, -0.2) is 0 Å². The van der Waals surface area contributed by atoms with E-state index in [1.54, 1.807) is 0 Å². The molecule has 1 aromatic rings. The fourth-order valence-electron chi connectivity index (χ4n) is 5.73. The average molecular weight is 441 g/mol. The molecule has 178 valence electrons. The second-order valence-electron chi connectivity index (χ2n) is 10.1. The van der Waals surface area contributed by atoms with Gasteiger partial charge in [-0.2, -0.15) is 0 Å². The molecule has 5 heteroatoms. The molecule has 1 saturated carbocycles. The van der Waals surface area contributed by atoms with Crippen molar-refractivity contribution < 1.29 is 4.74 Å². The number of likely N-dealkylation sites (tertiary alicyclic amines) is 1. The van der Waals surface area contributed by atoms with Crippen LogP contribution in [0, 0.1) is 12.8 Å². The molecule has 2 unspecified atom stereocenters. The van der Waals surface area contributed by atoms with Crippen LogP contribution in [0.1, 0.15) is 81.9 Å². The third-order valence-electron chi connectivity index (χ3n) is 7.64. The monoisotopic (exact) mass is 440 g/mol. The van der Waals surface area contributed by atoms with E-state index >= 15 is 0 Å². The third-order valence-corrected chi connectivity index (χ3v) is 7.64. The molecule has 0 spiro atoms. The van der Waals surface area contributed by atoms with Crippen molar-refractivity contribution in [1.29, 1.82) is 0 Å². The predicted molar refractivity (Wildman–Crippen MR) is 133 cm³/mol. The van der Waals surface area contributed by atoms with Gasteiger partial charge in [0.25, 0.3) is 0 Å². The molecule has 1 aliphatic carbocycles. The Kier molecular flexibility index (Phi) is 8.86. The van der Waals surface area contributed by atoms with Gasteiger partial charge in [0.1, 0.15) is 0 Å². The molecule has 0 radical (unpaired) electrons. The molecule has 2 atom stereocenters. The van der Waals surface area contributed by atoms with Crippen molar-refractivity contribution in [1.82, 2.24) is 15.5 Å². The van der Waals surface area contributed by atoms with Crippen LogP contribution in [-0.2, 0) is 4.74 Å². The first kappa shape index (κ1) is 23.6. The minimum Gasteiger partial charge on any atom is -0.373 e. The molecule has 4 rings (SSSR count). The highest BCUT2D eigenvalue weighted by molar-refractivity contribution is 5.80. The van der Waals surface area contributed by atoms with Crippen molar-refractivity contribution in [2.75, 3.05) is 32.8 Å². The van der Waals surface area contributed by atoms with E-state index in [-0.39, 0.29) is 6.10 Å². The number of aryl methyl sites for hydroxylation is 1. The zero-order chi connectivity index (χ0) is 22.2. The number of hydrogen-bond acceptors (Lipinski definition) is 3. The van der Waals surface area contributed by atoms with Gasteiger partial charge < -0.3 is 20.3 Å². The molecule has 0 amide bonds. The van der Waals surface area contributed by atoms with Crippen molar-refractivity contribution in [3.8, 4) is 0 Å². The molecule has 3 aliphatic rings. The number of ether oxygens (including phenoxy) is 1. The minimum atomic E-state index is 0.162. The second-order valence-corrected chi connectivity index (χ2v) is 10.1. The summed E-state index contributed by atoms with van der Waals surface area (Å²) in [5.41, 5.74) is 2.59. The summed E-state index contributed by atoms with van der Waals surface area (Å²) in [7, 11) is 0. The Balaban J connectivity index is 1.31. The minimum absolute atomic E-state index is 0.162. The standard InChI is InChI=1S/C27H44N4O/c1-3-28-27(30-24-15-17-31(18-16-24)25-9-5-4-6-10-25)29-20-23-8-7-19-32-26(23)22-13-11-21(2)12-14-22/h11-14,23-26H,3-10,15-20H2,1-2H3,(H2,28,29,30). The quantitative estimate of drug-likeness (QED) is 0.492. The summed E-state index contributed by atoms with van der Waals surface area (Å²) in [6.45, 7) is 9.32. The Morgan fingerprint density at radius 3 is 2.47 bits per heavy atom. The Morgan fingerprint density at radius 1 is 1.00 bits per heavy atom. The highest BCUT2D eigenvalue weighted by atomic mass is 16.5. The van der Waals surface area contributed by atoms with E-state index < -0.39 is 0 Å². The lowest BCUT2D eigenvalue weighted by Crippen LogP contribution is -2.51. The number of nitrogens with zero attached hydrogens (tertiary/aromatic N) is 2. The second kappa shape index (κ2) is 12.0. The van der Waals surface area contributed by atoms with Crippen LogP contribution in [0.15, 0.2) is 29.3 Å². The molecule has 2 saturated heterocycles. The molecule has 2 heterocycles. The first-order chi connectivity index (χ1) is 15.7. The number of benzene rings is 1. The lowest BCUT2D eigenvalue weighted by Gasteiger charge is -2.39. The van der Waals surface area contributed by atoms with Gasteiger partial charge in [0.2, 0.25) is 0 Å². The van der Waals surface area contributed by atoms with E-state index in [9.17, 15) is 0 Å². The molecule has 0 bridgehead atoms. The lowest BCUT2D eigenvalue weighted by molar-refractivity contribution is -0.0250. The topological polar surface area (TPSA) is 48.9 Å². The number of rotatable bonds is 6. The van der Waals surface area contributed by atoms with Crippen LogP contribution in [0.5, 0.6) is 0 Å². The lowest BCUT2D eigenvalue weighted by atomic mass is 9.89. The highest BCUT2D eigenvalue weighted by Crippen LogP contribution is 2.34. The summed E-state index contributed by atoms with van der Waals surface area (Å²) in [4.78, 5) is 7.79. The molecule has 3 fully saturated rings. The zero-order valence-corrected chi connectivity index (χ0v) is 20.3. The van der Waals surface area contributed by atoms with Crippen molar-refractivity contribution in [3.63, 3.8) is 0 Å². The number of piperidine rings is 1. The largest absolute Gasteiger partial charge is 0.373 e. The Morgan fingerprint density at radius 2 is 1.75 bits per heavy atom. The number of nitrogens with one attached hydrogen (secondary N) is 2. The van der Waals surface area contributed by atoms with E-state index in [4.69, 9.17) is 9.73 Å². The SMILES string of the molecule is CCNC(=NCC1CCCOC1c1ccc(C)cc1)NC1CCN(C2CCCCC2)CC1. The highest BCUT2D eigenvalue weighted by Gasteiger charge is 2.28. The van der Waals surface area contributed by atoms with Crippen LogP contribution < -0.4 is 10.6 Å². The van der Waals surface area contributed by atoms with Gasteiger partial charge >= 0.3 is 0 Å². The average Bonchev–Trinajstić information content (AvgIpc) is 2.84. The number of hydrogen-bond donors (Lipinski definition) is 2. The molecule has 2 N–H and O–H groups in total. The first-order valence-electron chi connectivity index (χ1n) is 13.2. The van der Waals surface area contributed by atoms with Crippen LogP contribution >= 0.6 is 0 Å². The molecule has 2 aliphatic heterocycles. The van der Waals surface area contributed by atoms with E-state index in [2.05, 4.69) is 53.6 Å². The smallest absolute Gasteiger partial charge is 0.191 e. The summed E-state index contributed by atoms with van der Waals surface area (Å²) in [5, 5.41) is 7.24. The molecule has 0 aromatic heterocycles. The van der Waals surface area contributed by atoms with Gasteiger partial charge in [-0.15, -0.1) is 0 Å². The van der Waals surface area contributed by atoms with Gasteiger partial charge in [0, 0.05) is 50.8 Å². The van der Waals surface area contributed by atoms with Crippen molar-refractivity contribution >= 4 is 5.96 Å². The maximum absolute atomic E-state index is 6.21. The van der Waals surface area contributed by atoms with Crippen molar-refractivity contribution in [2.45, 2.75) is 89.8 Å². The zero-order valence-electron chi connectivity index (χ0n) is 20.3. The fourth-order valence-corrected chi connectivity index (χ4v) is 5.73. The van der Waals surface area contributed by atoms with Crippen molar-refractivity contribution in [2.24, 2.45) is 10.9 Å². The van der Waals surface area contributed by atoms with E-state index in [0.29, 0.717) is 12.0 Å². The maximum Gasteiger partial charge on any atom is 0.191 e. The summed E-state index contributed by atoms with van der Waals surface area (Å²) >= 11 is 0. The van der Waals surface area contributed by atoms with Gasteiger partial charge in [0.05, 0.1) is 6.10 Å². The fraction of sp³-hybridized carbons (Fsp3) is 0.741. The van der Waals surface area contributed by atoms with E-state index in [1.807, 2.05) is 0 Å². The summed E-state index contributed by atoms with van der Waals surface area (Å²) < 4.78 is 6.21. The van der Waals surface area contributed by atoms with E-state index in [1.165, 1.54) is 75.6 Å². The Bertz CT molecular complexity index is 705. The summed E-state index contributed by atoms with van der Waals surface area (Å²) in [5.74, 6) is 1.42. The third kappa shape index (κ3) is 6.48. The molecule has 32 heavy (non-hydrogen) atoms. The van der Waals surface area contributed by atoms with Gasteiger partial charge in [-0.3, -0.25) is 4.99 Å². The van der Waals surface area contributed by atoms with Crippen LogP contribution in [0.4, 0.5) is 0 Å². The predicted octanol–water partition coefficient (Wildman–Crippen LogP) is 4.81. The number of aliphatic imine (C=N–C) groups is 1. The Labute approximate surface area is 195 Å². The molecule has 5 nitrogen and oxygen atoms in total. The van der Waals surface area contributed by atoms with Crippen molar-refractivity contribution in [3.05, 3.63) is 35.4 Å². The van der Waals surface area contributed by atoms with Gasteiger partial charge in [0.15, 0.2) is 5.96 Å².